The van der Waals surface area contributed by atoms with Crippen LogP contribution < -0.4 is 18.9 Å². The van der Waals surface area contributed by atoms with Gasteiger partial charge in [-0.15, -0.1) is 0 Å². The molecule has 5 aromatic rings. The van der Waals surface area contributed by atoms with E-state index in [0.717, 1.165) is 27.6 Å². The number of hydrogen-bond donors (Lipinski definition) is 1. The van der Waals surface area contributed by atoms with Crippen molar-refractivity contribution in [3.8, 4) is 45.8 Å². The first-order chi connectivity index (χ1) is 16.7. The highest BCUT2D eigenvalue weighted by molar-refractivity contribution is 5.82. The van der Waals surface area contributed by atoms with Gasteiger partial charge >= 0.3 is 0 Å². The Morgan fingerprint density at radius 2 is 1.59 bits per heavy atom. The Bertz CT molecular complexity index is 1400. The molecule has 0 bridgehead atoms. The molecular weight excluding hydrogens is 436 g/mol. The summed E-state index contributed by atoms with van der Waals surface area (Å²) in [5, 5.41) is 12.1. The molecule has 0 unspecified atom stereocenters. The van der Waals surface area contributed by atoms with E-state index in [1.54, 1.807) is 27.5 Å². The monoisotopic (exact) mass is 458 g/mol. The third-order valence-electron chi connectivity index (χ3n) is 5.36. The SMILES string of the molecule is COc1cc(COc2ccc(-c3nc(-c4ccc5[nH]ncc5c4)no3)cc2)cc(OC)c1OC. The summed E-state index contributed by atoms with van der Waals surface area (Å²) in [5.74, 6) is 3.34. The van der Waals surface area contributed by atoms with Crippen molar-refractivity contribution in [1.29, 1.82) is 0 Å². The van der Waals surface area contributed by atoms with Crippen LogP contribution in [0.4, 0.5) is 0 Å². The highest BCUT2D eigenvalue weighted by atomic mass is 16.5. The molecular formula is C25H22N4O5. The van der Waals surface area contributed by atoms with E-state index >= 15 is 0 Å². The van der Waals surface area contributed by atoms with E-state index in [1.165, 1.54) is 0 Å². The Morgan fingerprint density at radius 1 is 0.853 bits per heavy atom. The second kappa shape index (κ2) is 9.14. The minimum absolute atomic E-state index is 0.331. The van der Waals surface area contributed by atoms with Gasteiger partial charge in [-0.3, -0.25) is 5.10 Å². The molecule has 0 aliphatic rings. The van der Waals surface area contributed by atoms with Crippen molar-refractivity contribution in [2.45, 2.75) is 6.61 Å². The van der Waals surface area contributed by atoms with Gasteiger partial charge in [0, 0.05) is 16.5 Å². The summed E-state index contributed by atoms with van der Waals surface area (Å²) in [5.41, 5.74) is 3.49. The third kappa shape index (κ3) is 4.11. The average molecular weight is 458 g/mol. The quantitative estimate of drug-likeness (QED) is 0.351. The van der Waals surface area contributed by atoms with E-state index < -0.39 is 0 Å². The van der Waals surface area contributed by atoms with Crippen LogP contribution in [-0.2, 0) is 6.61 Å². The van der Waals surface area contributed by atoms with Gasteiger partial charge in [0.1, 0.15) is 12.4 Å². The predicted octanol–water partition coefficient (Wildman–Crippen LogP) is 4.88. The number of nitrogens with zero attached hydrogens (tertiary/aromatic N) is 3. The van der Waals surface area contributed by atoms with Crippen LogP contribution in [0.2, 0.25) is 0 Å². The van der Waals surface area contributed by atoms with E-state index in [0.29, 0.717) is 41.3 Å². The fourth-order valence-electron chi connectivity index (χ4n) is 3.62. The second-order valence-electron chi connectivity index (χ2n) is 7.44. The molecule has 0 aliphatic carbocycles. The summed E-state index contributed by atoms with van der Waals surface area (Å²) in [7, 11) is 4.74. The van der Waals surface area contributed by atoms with Crippen LogP contribution in [0.25, 0.3) is 33.7 Å². The average Bonchev–Trinajstić information content (AvgIpc) is 3.56. The lowest BCUT2D eigenvalue weighted by atomic mass is 10.1. The first-order valence-electron chi connectivity index (χ1n) is 10.5. The van der Waals surface area contributed by atoms with Crippen LogP contribution in [0, 0.1) is 0 Å². The van der Waals surface area contributed by atoms with Gasteiger partial charge in [0.2, 0.25) is 11.6 Å². The van der Waals surface area contributed by atoms with E-state index in [9.17, 15) is 0 Å². The van der Waals surface area contributed by atoms with Crippen molar-refractivity contribution >= 4 is 10.9 Å². The molecule has 0 spiro atoms. The highest BCUT2D eigenvalue weighted by Crippen LogP contribution is 2.38. The van der Waals surface area contributed by atoms with E-state index in [-0.39, 0.29) is 0 Å². The van der Waals surface area contributed by atoms with Gasteiger partial charge in [0.25, 0.3) is 5.89 Å². The molecule has 2 aromatic heterocycles. The van der Waals surface area contributed by atoms with Crippen molar-refractivity contribution in [3.63, 3.8) is 0 Å². The maximum Gasteiger partial charge on any atom is 0.258 e. The predicted molar refractivity (Wildman–Crippen MR) is 125 cm³/mol. The van der Waals surface area contributed by atoms with Gasteiger partial charge in [-0.2, -0.15) is 10.1 Å². The summed E-state index contributed by atoms with van der Waals surface area (Å²) < 4.78 is 27.6. The standard InChI is InChI=1S/C25H22N4O5/c1-30-21-10-15(11-22(31-2)23(21)32-3)14-33-19-7-4-16(5-8-19)25-27-24(29-34-25)17-6-9-20-18(12-17)13-26-28-20/h4-13H,14H2,1-3H3,(H,26,28). The van der Waals surface area contributed by atoms with E-state index in [4.69, 9.17) is 23.5 Å². The lowest BCUT2D eigenvalue weighted by Gasteiger charge is -2.14. The molecule has 0 radical (unpaired) electrons. The molecule has 0 amide bonds. The molecule has 0 atom stereocenters. The lowest BCUT2D eigenvalue weighted by molar-refractivity contribution is 0.298. The van der Waals surface area contributed by atoms with Crippen molar-refractivity contribution in [1.82, 2.24) is 20.3 Å². The normalized spacial score (nSPS) is 10.9. The van der Waals surface area contributed by atoms with Gasteiger partial charge in [0.15, 0.2) is 11.5 Å². The Morgan fingerprint density at radius 3 is 2.29 bits per heavy atom. The van der Waals surface area contributed by atoms with Gasteiger partial charge < -0.3 is 23.5 Å². The minimum Gasteiger partial charge on any atom is -0.493 e. The first kappa shape index (κ1) is 21.3. The topological polar surface area (TPSA) is 105 Å². The summed E-state index contributed by atoms with van der Waals surface area (Å²) in [6.45, 7) is 0.331. The number of aromatic amines is 1. The van der Waals surface area contributed by atoms with Crippen molar-refractivity contribution in [2.75, 3.05) is 21.3 Å². The maximum atomic E-state index is 5.94. The summed E-state index contributed by atoms with van der Waals surface area (Å²) >= 11 is 0. The van der Waals surface area contributed by atoms with Crippen LogP contribution >= 0.6 is 0 Å². The van der Waals surface area contributed by atoms with Crippen molar-refractivity contribution in [3.05, 3.63) is 66.4 Å². The fourth-order valence-corrected chi connectivity index (χ4v) is 3.62. The fraction of sp³-hybridized carbons (Fsp3) is 0.160. The van der Waals surface area contributed by atoms with Gasteiger partial charge in [-0.1, -0.05) is 5.16 Å². The van der Waals surface area contributed by atoms with Crippen LogP contribution in [0.1, 0.15) is 5.56 Å². The number of rotatable bonds is 8. The second-order valence-corrected chi connectivity index (χ2v) is 7.44. The Balaban J connectivity index is 1.29. The summed E-state index contributed by atoms with van der Waals surface area (Å²) in [6.07, 6.45) is 1.76. The number of H-pyrrole nitrogens is 1. The Hall–Kier alpha value is -4.53. The van der Waals surface area contributed by atoms with Crippen molar-refractivity contribution < 1.29 is 23.5 Å². The molecule has 172 valence electrons. The Labute approximate surface area is 195 Å². The summed E-state index contributed by atoms with van der Waals surface area (Å²) in [4.78, 5) is 4.53. The third-order valence-corrected chi connectivity index (χ3v) is 5.36. The van der Waals surface area contributed by atoms with Crippen LogP contribution in [0.5, 0.6) is 23.0 Å². The first-order valence-corrected chi connectivity index (χ1v) is 10.5. The number of fused-ring (bicyclic) bond motifs is 1. The van der Waals surface area contributed by atoms with Gasteiger partial charge in [-0.25, -0.2) is 0 Å². The van der Waals surface area contributed by atoms with Crippen LogP contribution in [0.3, 0.4) is 0 Å². The number of hydrogen-bond acceptors (Lipinski definition) is 8. The molecule has 9 nitrogen and oxygen atoms in total. The Kier molecular flexibility index (Phi) is 5.73. The van der Waals surface area contributed by atoms with Crippen LogP contribution in [-0.4, -0.2) is 41.7 Å². The number of aromatic nitrogens is 4. The largest absolute Gasteiger partial charge is 0.493 e. The zero-order valence-corrected chi connectivity index (χ0v) is 18.9. The van der Waals surface area contributed by atoms with Crippen molar-refractivity contribution in [2.24, 2.45) is 0 Å². The molecule has 34 heavy (non-hydrogen) atoms. The molecule has 3 aromatic carbocycles. The number of ether oxygens (including phenoxy) is 4. The smallest absolute Gasteiger partial charge is 0.258 e. The molecule has 9 heteroatoms. The molecule has 5 rings (SSSR count). The highest BCUT2D eigenvalue weighted by Gasteiger charge is 2.14. The maximum absolute atomic E-state index is 5.94. The zero-order valence-electron chi connectivity index (χ0n) is 18.9. The van der Waals surface area contributed by atoms with E-state index in [1.807, 2.05) is 54.6 Å². The van der Waals surface area contributed by atoms with Gasteiger partial charge in [0.05, 0.1) is 33.0 Å². The lowest BCUT2D eigenvalue weighted by Crippen LogP contribution is -2.00. The van der Waals surface area contributed by atoms with E-state index in [2.05, 4.69) is 20.3 Å². The number of methoxy groups -OCH3 is 3. The molecule has 2 heterocycles. The molecule has 0 saturated heterocycles. The molecule has 0 aliphatic heterocycles. The number of nitrogens with one attached hydrogen (secondary N) is 1. The van der Waals surface area contributed by atoms with Crippen LogP contribution in [0.15, 0.2) is 65.3 Å². The zero-order chi connectivity index (χ0) is 23.5. The van der Waals surface area contributed by atoms with Gasteiger partial charge in [-0.05, 0) is 60.2 Å². The number of benzene rings is 3. The summed E-state index contributed by atoms with van der Waals surface area (Å²) in [6, 6.07) is 17.0. The molecule has 0 fully saturated rings. The minimum atomic E-state index is 0.331. The molecule has 1 N–H and O–H groups in total. The molecule has 0 saturated carbocycles.